The van der Waals surface area contributed by atoms with Crippen LogP contribution >= 0.6 is 0 Å². The van der Waals surface area contributed by atoms with Crippen molar-refractivity contribution >= 4 is 5.91 Å². The molecule has 1 N–H and O–H groups in total. The molecule has 1 amide bonds. The number of hydrogen-bond acceptors (Lipinski definition) is 6. The number of aromatic nitrogens is 3. The summed E-state index contributed by atoms with van der Waals surface area (Å²) < 4.78 is 11.9. The van der Waals surface area contributed by atoms with Gasteiger partial charge in [0, 0.05) is 5.56 Å². The van der Waals surface area contributed by atoms with Gasteiger partial charge in [-0.2, -0.15) is 5.26 Å². The number of methoxy groups -OCH3 is 2. The van der Waals surface area contributed by atoms with Gasteiger partial charge in [-0.15, -0.1) is 10.2 Å². The minimum atomic E-state index is -0.297. The number of amides is 1. The summed E-state index contributed by atoms with van der Waals surface area (Å²) in [7, 11) is 3.14. The van der Waals surface area contributed by atoms with E-state index in [2.05, 4.69) is 15.5 Å². The van der Waals surface area contributed by atoms with Crippen LogP contribution in [0.3, 0.4) is 0 Å². The lowest BCUT2D eigenvalue weighted by Gasteiger charge is -2.18. The zero-order valence-corrected chi connectivity index (χ0v) is 13.1. The third-order valence-electron chi connectivity index (χ3n) is 3.31. The van der Waals surface area contributed by atoms with E-state index in [0.29, 0.717) is 11.5 Å². The maximum Gasteiger partial charge on any atom is 0.240 e. The van der Waals surface area contributed by atoms with Gasteiger partial charge in [0.15, 0.2) is 0 Å². The van der Waals surface area contributed by atoms with Gasteiger partial charge in [-0.1, -0.05) is 0 Å². The number of ether oxygens (including phenoxy) is 2. The van der Waals surface area contributed by atoms with Crippen molar-refractivity contribution < 1.29 is 14.3 Å². The lowest BCUT2D eigenvalue weighted by molar-refractivity contribution is -0.122. The zero-order valence-electron chi connectivity index (χ0n) is 13.1. The highest BCUT2D eigenvalue weighted by atomic mass is 16.5. The first kappa shape index (κ1) is 16.3. The van der Waals surface area contributed by atoms with Crippen molar-refractivity contribution in [2.75, 3.05) is 14.2 Å². The highest BCUT2D eigenvalue weighted by molar-refractivity contribution is 5.76. The van der Waals surface area contributed by atoms with Crippen LogP contribution in [0.1, 0.15) is 24.4 Å². The lowest BCUT2D eigenvalue weighted by Crippen LogP contribution is -2.30. The van der Waals surface area contributed by atoms with Crippen LogP contribution < -0.4 is 14.8 Å². The minimum absolute atomic E-state index is 0.0352. The monoisotopic (exact) mass is 315 g/mol. The molecular weight excluding hydrogens is 298 g/mol. The van der Waals surface area contributed by atoms with Crippen molar-refractivity contribution in [3.8, 4) is 17.6 Å². The third kappa shape index (κ3) is 3.77. The fourth-order valence-electron chi connectivity index (χ4n) is 2.15. The molecule has 1 aromatic carbocycles. The van der Waals surface area contributed by atoms with Crippen molar-refractivity contribution in [2.24, 2.45) is 0 Å². The molecule has 1 aromatic heterocycles. The van der Waals surface area contributed by atoms with E-state index in [1.807, 2.05) is 19.1 Å². The molecule has 1 heterocycles. The highest BCUT2D eigenvalue weighted by Crippen LogP contribution is 2.29. The van der Waals surface area contributed by atoms with Crippen molar-refractivity contribution in [3.63, 3.8) is 0 Å². The number of nitriles is 1. The molecule has 0 saturated heterocycles. The van der Waals surface area contributed by atoms with Crippen LogP contribution in [0.2, 0.25) is 0 Å². The Morgan fingerprint density at radius 1 is 1.43 bits per heavy atom. The molecule has 0 radical (unpaired) electrons. The molecule has 8 heteroatoms. The molecule has 0 spiro atoms. The smallest absolute Gasteiger partial charge is 0.240 e. The normalized spacial score (nSPS) is 11.4. The molecule has 0 aliphatic heterocycles. The summed E-state index contributed by atoms with van der Waals surface area (Å²) in [4.78, 5) is 12.1. The second kappa shape index (κ2) is 7.26. The van der Waals surface area contributed by atoms with E-state index in [9.17, 15) is 4.79 Å². The Bertz CT molecular complexity index is 735. The fourth-order valence-corrected chi connectivity index (χ4v) is 2.15. The molecule has 0 fully saturated rings. The summed E-state index contributed by atoms with van der Waals surface area (Å²) >= 11 is 0. The predicted octanol–water partition coefficient (Wildman–Crippen LogP) is 1.04. The topological polar surface area (TPSA) is 102 Å². The number of hydrogen-bond donors (Lipinski definition) is 1. The van der Waals surface area contributed by atoms with Gasteiger partial charge in [-0.05, 0) is 25.1 Å². The van der Waals surface area contributed by atoms with Crippen molar-refractivity contribution in [2.45, 2.75) is 19.5 Å². The molecule has 2 aromatic rings. The third-order valence-corrected chi connectivity index (χ3v) is 3.31. The first-order valence-corrected chi connectivity index (χ1v) is 6.88. The van der Waals surface area contributed by atoms with Gasteiger partial charge in [0.25, 0.3) is 0 Å². The number of rotatable bonds is 6. The van der Waals surface area contributed by atoms with E-state index in [0.717, 1.165) is 5.56 Å². The van der Waals surface area contributed by atoms with Crippen LogP contribution in [0.4, 0.5) is 0 Å². The summed E-state index contributed by atoms with van der Waals surface area (Å²) in [6.07, 6.45) is 1.34. The molecule has 0 aliphatic rings. The molecule has 0 saturated carbocycles. The minimum Gasteiger partial charge on any atom is -0.497 e. The van der Waals surface area contributed by atoms with Gasteiger partial charge < -0.3 is 14.8 Å². The molecule has 1 unspecified atom stereocenters. The van der Waals surface area contributed by atoms with Gasteiger partial charge in [0.2, 0.25) is 11.7 Å². The van der Waals surface area contributed by atoms with Crippen LogP contribution in [0.15, 0.2) is 24.5 Å². The van der Waals surface area contributed by atoms with Crippen LogP contribution in [0, 0.1) is 11.3 Å². The standard InChI is InChI=1S/C15H17N5O3/c1-10(12-6-11(22-2)4-5-13(12)23-3)18-15(21)8-20-9-17-19-14(20)7-16/h4-6,9-10H,8H2,1-3H3,(H,18,21). The average Bonchev–Trinajstić information content (AvgIpc) is 3.00. The second-order valence-corrected chi connectivity index (χ2v) is 4.79. The van der Waals surface area contributed by atoms with E-state index in [1.165, 1.54) is 10.9 Å². The largest absolute Gasteiger partial charge is 0.497 e. The summed E-state index contributed by atoms with van der Waals surface area (Å²) in [5.74, 6) is 1.15. The second-order valence-electron chi connectivity index (χ2n) is 4.79. The first-order valence-electron chi connectivity index (χ1n) is 6.88. The summed E-state index contributed by atoms with van der Waals surface area (Å²) in [5.41, 5.74) is 0.796. The van der Waals surface area contributed by atoms with Crippen molar-refractivity contribution in [1.82, 2.24) is 20.1 Å². The van der Waals surface area contributed by atoms with Crippen molar-refractivity contribution in [3.05, 3.63) is 35.9 Å². The van der Waals surface area contributed by atoms with Crippen LogP contribution in [-0.2, 0) is 11.3 Å². The molecule has 120 valence electrons. The first-order chi connectivity index (χ1) is 11.1. The SMILES string of the molecule is COc1ccc(OC)c(C(C)NC(=O)Cn2cnnc2C#N)c1. The summed E-state index contributed by atoms with van der Waals surface area (Å²) in [6.45, 7) is 1.80. The van der Waals surface area contributed by atoms with Gasteiger partial charge in [0.1, 0.15) is 30.4 Å². The van der Waals surface area contributed by atoms with E-state index in [-0.39, 0.29) is 24.3 Å². The highest BCUT2D eigenvalue weighted by Gasteiger charge is 2.16. The van der Waals surface area contributed by atoms with Gasteiger partial charge >= 0.3 is 0 Å². The van der Waals surface area contributed by atoms with Crippen LogP contribution in [0.25, 0.3) is 0 Å². The zero-order chi connectivity index (χ0) is 16.8. The molecule has 23 heavy (non-hydrogen) atoms. The van der Waals surface area contributed by atoms with Gasteiger partial charge in [0.05, 0.1) is 20.3 Å². The lowest BCUT2D eigenvalue weighted by atomic mass is 10.1. The summed E-state index contributed by atoms with van der Waals surface area (Å²) in [6, 6.07) is 6.95. The van der Waals surface area contributed by atoms with Crippen molar-refractivity contribution in [1.29, 1.82) is 5.26 Å². The number of benzene rings is 1. The van der Waals surface area contributed by atoms with Crippen LogP contribution in [-0.4, -0.2) is 34.9 Å². The fraction of sp³-hybridized carbons (Fsp3) is 0.333. The molecular formula is C15H17N5O3. The van der Waals surface area contributed by atoms with E-state index in [4.69, 9.17) is 14.7 Å². The number of nitrogens with zero attached hydrogens (tertiary/aromatic N) is 4. The van der Waals surface area contributed by atoms with E-state index >= 15 is 0 Å². The van der Waals surface area contributed by atoms with E-state index < -0.39 is 0 Å². The Morgan fingerprint density at radius 2 is 2.22 bits per heavy atom. The maximum absolute atomic E-state index is 12.1. The Kier molecular flexibility index (Phi) is 5.15. The molecule has 0 aliphatic carbocycles. The Balaban J connectivity index is 2.11. The molecule has 0 bridgehead atoms. The number of carbonyl (C=O) groups excluding carboxylic acids is 1. The Hall–Kier alpha value is -3.08. The predicted molar refractivity (Wildman–Crippen MR) is 80.8 cm³/mol. The van der Waals surface area contributed by atoms with E-state index in [1.54, 1.807) is 26.4 Å². The Labute approximate surface area is 133 Å². The summed E-state index contributed by atoms with van der Waals surface area (Å²) in [5, 5.41) is 18.9. The number of carbonyl (C=O) groups is 1. The molecule has 1 atom stereocenters. The average molecular weight is 315 g/mol. The number of nitrogens with one attached hydrogen (secondary N) is 1. The Morgan fingerprint density at radius 3 is 2.87 bits per heavy atom. The quantitative estimate of drug-likeness (QED) is 0.854. The molecule has 8 nitrogen and oxygen atoms in total. The van der Waals surface area contributed by atoms with Crippen LogP contribution in [0.5, 0.6) is 11.5 Å². The van der Waals surface area contributed by atoms with Gasteiger partial charge in [-0.3, -0.25) is 9.36 Å². The molecule has 2 rings (SSSR count). The van der Waals surface area contributed by atoms with Gasteiger partial charge in [-0.25, -0.2) is 0 Å². The maximum atomic E-state index is 12.1.